The van der Waals surface area contributed by atoms with Gasteiger partial charge >= 0.3 is 0 Å². The molecular weight excluding hydrogens is 305 g/mol. The van der Waals surface area contributed by atoms with E-state index in [9.17, 15) is 12.8 Å². The Balaban J connectivity index is 2.00. The molecule has 0 aliphatic rings. The van der Waals surface area contributed by atoms with Crippen LogP contribution in [0.2, 0.25) is 0 Å². The van der Waals surface area contributed by atoms with Gasteiger partial charge < -0.3 is 4.74 Å². The fourth-order valence-electron chi connectivity index (χ4n) is 1.67. The lowest BCUT2D eigenvalue weighted by molar-refractivity contribution is 0.415. The van der Waals surface area contributed by atoms with Crippen LogP contribution >= 0.6 is 0 Å². The van der Waals surface area contributed by atoms with Gasteiger partial charge in [-0.2, -0.15) is 4.72 Å². The number of halogens is 1. The first-order chi connectivity index (χ1) is 10.5. The summed E-state index contributed by atoms with van der Waals surface area (Å²) in [5, 5.41) is 0. The van der Waals surface area contributed by atoms with Crippen LogP contribution in [0.3, 0.4) is 0 Å². The van der Waals surface area contributed by atoms with E-state index in [4.69, 9.17) is 4.74 Å². The second kappa shape index (κ2) is 7.07. The molecule has 22 heavy (non-hydrogen) atoms. The zero-order valence-corrected chi connectivity index (χ0v) is 12.7. The second-order valence-corrected chi connectivity index (χ2v) is 6.08. The number of nitrogens with one attached hydrogen (secondary N) is 1. The molecule has 0 unspecified atom stereocenters. The first-order valence-electron chi connectivity index (χ1n) is 6.39. The van der Waals surface area contributed by atoms with Gasteiger partial charge in [0.15, 0.2) is 0 Å². The molecule has 0 bridgehead atoms. The van der Waals surface area contributed by atoms with Gasteiger partial charge in [-0.15, -0.1) is 0 Å². The maximum absolute atomic E-state index is 13.0. The van der Waals surface area contributed by atoms with Crippen LogP contribution in [-0.4, -0.2) is 22.1 Å². The lowest BCUT2D eigenvalue weighted by Crippen LogP contribution is -2.24. The van der Waals surface area contributed by atoms with E-state index in [1.54, 1.807) is 31.4 Å². The fraction of sp³-hybridized carbons (Fsp3) is 0.125. The minimum absolute atomic E-state index is 0.0646. The molecule has 0 radical (unpaired) electrons. The van der Waals surface area contributed by atoms with E-state index in [-0.39, 0.29) is 11.4 Å². The molecule has 1 N–H and O–H groups in total. The lowest BCUT2D eigenvalue weighted by atomic mass is 10.2. The van der Waals surface area contributed by atoms with E-state index < -0.39 is 15.8 Å². The Morgan fingerprint density at radius 3 is 2.55 bits per heavy atom. The highest BCUT2D eigenvalue weighted by atomic mass is 32.2. The molecule has 0 fully saturated rings. The SMILES string of the molecule is COc1ccc(C#CCNS(=O)(=O)c2cccc(F)c2)cc1. The summed E-state index contributed by atoms with van der Waals surface area (Å²) in [6, 6.07) is 11.9. The average molecular weight is 319 g/mol. The maximum Gasteiger partial charge on any atom is 0.241 e. The minimum Gasteiger partial charge on any atom is -0.497 e. The van der Waals surface area contributed by atoms with Gasteiger partial charge in [0.2, 0.25) is 10.0 Å². The van der Waals surface area contributed by atoms with Gasteiger partial charge in [0.25, 0.3) is 0 Å². The van der Waals surface area contributed by atoms with Gasteiger partial charge in [0.05, 0.1) is 18.6 Å². The molecule has 0 atom stereocenters. The van der Waals surface area contributed by atoms with Crippen molar-refractivity contribution in [1.29, 1.82) is 0 Å². The highest BCUT2D eigenvalue weighted by molar-refractivity contribution is 7.89. The molecule has 0 aromatic heterocycles. The molecule has 2 aromatic rings. The van der Waals surface area contributed by atoms with Crippen molar-refractivity contribution in [3.63, 3.8) is 0 Å². The van der Waals surface area contributed by atoms with Gasteiger partial charge in [0, 0.05) is 5.56 Å². The Hall–Kier alpha value is -2.36. The van der Waals surface area contributed by atoms with Crippen molar-refractivity contribution < 1.29 is 17.5 Å². The topological polar surface area (TPSA) is 55.4 Å². The van der Waals surface area contributed by atoms with E-state index in [0.29, 0.717) is 0 Å². The third-order valence-corrected chi connectivity index (χ3v) is 4.18. The maximum atomic E-state index is 13.0. The molecular formula is C16H14FNO3S. The molecule has 0 saturated heterocycles. The van der Waals surface area contributed by atoms with Crippen LogP contribution in [0.25, 0.3) is 0 Å². The van der Waals surface area contributed by atoms with E-state index in [2.05, 4.69) is 16.6 Å². The number of methoxy groups -OCH3 is 1. The van der Waals surface area contributed by atoms with Crippen molar-refractivity contribution in [3.8, 4) is 17.6 Å². The Kier molecular flexibility index (Phi) is 5.15. The van der Waals surface area contributed by atoms with Gasteiger partial charge in [-0.1, -0.05) is 17.9 Å². The second-order valence-electron chi connectivity index (χ2n) is 4.31. The van der Waals surface area contributed by atoms with E-state index in [1.165, 1.54) is 18.2 Å². The zero-order valence-electron chi connectivity index (χ0n) is 11.8. The Labute approximate surface area is 129 Å². The first-order valence-corrected chi connectivity index (χ1v) is 7.88. The van der Waals surface area contributed by atoms with Crippen molar-refractivity contribution >= 4 is 10.0 Å². The molecule has 0 amide bonds. The van der Waals surface area contributed by atoms with Crippen molar-refractivity contribution in [3.05, 3.63) is 59.9 Å². The number of ether oxygens (including phenoxy) is 1. The van der Waals surface area contributed by atoms with Gasteiger partial charge in [-0.3, -0.25) is 0 Å². The number of benzene rings is 2. The number of hydrogen-bond acceptors (Lipinski definition) is 3. The van der Waals surface area contributed by atoms with E-state index in [0.717, 1.165) is 17.4 Å². The molecule has 0 aliphatic heterocycles. The molecule has 2 aromatic carbocycles. The van der Waals surface area contributed by atoms with Crippen LogP contribution in [0.15, 0.2) is 53.4 Å². The van der Waals surface area contributed by atoms with Crippen molar-refractivity contribution in [1.82, 2.24) is 4.72 Å². The predicted octanol–water partition coefficient (Wildman–Crippen LogP) is 2.16. The van der Waals surface area contributed by atoms with Gasteiger partial charge in [0.1, 0.15) is 11.6 Å². The molecule has 0 spiro atoms. The summed E-state index contributed by atoms with van der Waals surface area (Å²) in [6.07, 6.45) is 0. The minimum atomic E-state index is -3.76. The summed E-state index contributed by atoms with van der Waals surface area (Å²) in [6.45, 7) is -0.0646. The van der Waals surface area contributed by atoms with Crippen molar-refractivity contribution in [2.45, 2.75) is 4.90 Å². The van der Waals surface area contributed by atoms with Crippen LogP contribution in [0.5, 0.6) is 5.75 Å². The highest BCUT2D eigenvalue weighted by Crippen LogP contribution is 2.11. The van der Waals surface area contributed by atoms with Crippen LogP contribution in [-0.2, 0) is 10.0 Å². The molecule has 0 saturated carbocycles. The summed E-state index contributed by atoms with van der Waals surface area (Å²) in [4.78, 5) is -0.126. The Morgan fingerprint density at radius 1 is 1.18 bits per heavy atom. The van der Waals surface area contributed by atoms with Crippen LogP contribution in [0.1, 0.15) is 5.56 Å². The van der Waals surface area contributed by atoms with Crippen LogP contribution in [0, 0.1) is 17.7 Å². The highest BCUT2D eigenvalue weighted by Gasteiger charge is 2.12. The third-order valence-electron chi connectivity index (χ3n) is 2.78. The quantitative estimate of drug-likeness (QED) is 0.879. The summed E-state index contributed by atoms with van der Waals surface area (Å²) in [7, 11) is -2.19. The van der Waals surface area contributed by atoms with Crippen LogP contribution < -0.4 is 9.46 Å². The smallest absolute Gasteiger partial charge is 0.241 e. The largest absolute Gasteiger partial charge is 0.497 e. The Morgan fingerprint density at radius 2 is 1.91 bits per heavy atom. The Bertz CT molecular complexity index is 805. The molecule has 6 heteroatoms. The third kappa shape index (κ3) is 4.32. The predicted molar refractivity (Wildman–Crippen MR) is 81.5 cm³/mol. The van der Waals surface area contributed by atoms with Gasteiger partial charge in [-0.25, -0.2) is 12.8 Å². The first kappa shape index (κ1) is 16.0. The summed E-state index contributed by atoms with van der Waals surface area (Å²) >= 11 is 0. The van der Waals surface area contributed by atoms with Crippen molar-refractivity contribution in [2.24, 2.45) is 0 Å². The van der Waals surface area contributed by atoms with Gasteiger partial charge in [-0.05, 0) is 42.5 Å². The average Bonchev–Trinajstić information content (AvgIpc) is 2.52. The fourth-order valence-corrected chi connectivity index (χ4v) is 2.62. The molecule has 114 valence electrons. The van der Waals surface area contributed by atoms with E-state index in [1.807, 2.05) is 0 Å². The molecule has 2 rings (SSSR count). The number of rotatable bonds is 4. The molecule has 4 nitrogen and oxygen atoms in total. The summed E-state index contributed by atoms with van der Waals surface area (Å²) in [5.74, 6) is 5.64. The van der Waals surface area contributed by atoms with Crippen LogP contribution in [0.4, 0.5) is 4.39 Å². The summed E-state index contributed by atoms with van der Waals surface area (Å²) < 4.78 is 44.2. The van der Waals surface area contributed by atoms with Crippen molar-refractivity contribution in [2.75, 3.05) is 13.7 Å². The monoisotopic (exact) mass is 319 g/mol. The lowest BCUT2D eigenvalue weighted by Gasteiger charge is -2.03. The zero-order chi connectivity index (χ0) is 16.0. The van der Waals surface area contributed by atoms with E-state index >= 15 is 0 Å². The summed E-state index contributed by atoms with van der Waals surface area (Å²) in [5.41, 5.74) is 0.741. The number of hydrogen-bond donors (Lipinski definition) is 1. The standard InChI is InChI=1S/C16H14FNO3S/c1-21-15-9-7-13(8-10-15)4-3-11-18-22(19,20)16-6-2-5-14(17)12-16/h2,5-10,12,18H,11H2,1H3. The normalized spacial score (nSPS) is 10.6. The molecule has 0 heterocycles. The molecule has 0 aliphatic carbocycles. The number of sulfonamides is 1.